The molecule has 86 valence electrons. The smallest absolute Gasteiger partial charge is 0.254 e. The van der Waals surface area contributed by atoms with E-state index >= 15 is 0 Å². The van der Waals surface area contributed by atoms with Crippen LogP contribution in [0.15, 0.2) is 18.2 Å². The third kappa shape index (κ3) is 1.72. The molecule has 0 saturated heterocycles. The summed E-state index contributed by atoms with van der Waals surface area (Å²) in [6.07, 6.45) is -1.77. The summed E-state index contributed by atoms with van der Waals surface area (Å²) in [5, 5.41) is -0.656. The highest BCUT2D eigenvalue weighted by Gasteiger charge is 2.54. The summed E-state index contributed by atoms with van der Waals surface area (Å²) in [7, 11) is 0. The van der Waals surface area contributed by atoms with Crippen LogP contribution in [0.4, 0.5) is 8.78 Å². The molecule has 0 aliphatic heterocycles. The Kier molecular flexibility index (Phi) is 2.93. The molecule has 1 nitrogen and oxygen atoms in total. The van der Waals surface area contributed by atoms with Gasteiger partial charge in [-0.05, 0) is 36.1 Å². The number of carbonyl (C=O) groups excluding carboxylic acids is 1. The van der Waals surface area contributed by atoms with Gasteiger partial charge in [0.15, 0.2) is 0 Å². The zero-order chi connectivity index (χ0) is 11.9. The summed E-state index contributed by atoms with van der Waals surface area (Å²) in [5.41, 5.74) is -0.927. The molecule has 1 aromatic carbocycles. The molecule has 0 radical (unpaired) electrons. The van der Waals surface area contributed by atoms with Crippen LogP contribution in [-0.4, -0.2) is 11.7 Å². The van der Waals surface area contributed by atoms with Gasteiger partial charge in [0.25, 0.3) is 5.24 Å². The van der Waals surface area contributed by atoms with E-state index in [4.69, 9.17) is 23.2 Å². The Balaban J connectivity index is 2.57. The van der Waals surface area contributed by atoms with Crippen LogP contribution in [0.5, 0.6) is 0 Å². The molecule has 0 bridgehead atoms. The number of halogens is 4. The van der Waals surface area contributed by atoms with Crippen molar-refractivity contribution in [2.45, 2.75) is 24.7 Å². The molecular formula is C11H8Cl2F2O. The molecule has 0 aromatic heterocycles. The van der Waals surface area contributed by atoms with Gasteiger partial charge in [0.1, 0.15) is 0 Å². The SMILES string of the molecule is O=C(Cl)c1c(Cl)cccc1C1(C(F)F)CC1. The Labute approximate surface area is 101 Å². The lowest BCUT2D eigenvalue weighted by Crippen LogP contribution is -2.20. The van der Waals surface area contributed by atoms with Crippen molar-refractivity contribution in [1.29, 1.82) is 0 Å². The minimum absolute atomic E-state index is 0.0173. The van der Waals surface area contributed by atoms with Crippen molar-refractivity contribution < 1.29 is 13.6 Å². The Morgan fingerprint density at radius 2 is 2.00 bits per heavy atom. The first-order chi connectivity index (χ1) is 7.49. The maximum Gasteiger partial charge on any atom is 0.254 e. The van der Waals surface area contributed by atoms with Crippen LogP contribution in [0, 0.1) is 0 Å². The van der Waals surface area contributed by atoms with Crippen LogP contribution in [-0.2, 0) is 5.41 Å². The van der Waals surface area contributed by atoms with Gasteiger partial charge in [-0.1, -0.05) is 23.7 Å². The third-order valence-corrected chi connectivity index (χ3v) is 3.46. The number of carbonyl (C=O) groups is 1. The molecule has 16 heavy (non-hydrogen) atoms. The van der Waals surface area contributed by atoms with Gasteiger partial charge in [0.05, 0.1) is 16.0 Å². The van der Waals surface area contributed by atoms with Gasteiger partial charge in [-0.2, -0.15) is 0 Å². The molecule has 1 aromatic rings. The monoisotopic (exact) mass is 264 g/mol. The predicted molar refractivity (Wildman–Crippen MR) is 58.6 cm³/mol. The second-order valence-electron chi connectivity index (χ2n) is 3.89. The second kappa shape index (κ2) is 3.97. The normalized spacial score (nSPS) is 17.6. The summed E-state index contributed by atoms with van der Waals surface area (Å²) < 4.78 is 25.9. The Bertz CT molecular complexity index is 442. The number of hydrogen-bond donors (Lipinski definition) is 0. The average Bonchev–Trinajstić information content (AvgIpc) is 2.97. The summed E-state index contributed by atoms with van der Waals surface area (Å²) in [5.74, 6) is 0. The quantitative estimate of drug-likeness (QED) is 0.754. The van der Waals surface area contributed by atoms with Gasteiger partial charge in [-0.3, -0.25) is 4.79 Å². The van der Waals surface area contributed by atoms with E-state index in [1.165, 1.54) is 12.1 Å². The zero-order valence-corrected chi connectivity index (χ0v) is 9.66. The van der Waals surface area contributed by atoms with Crippen molar-refractivity contribution in [2.24, 2.45) is 0 Å². The zero-order valence-electron chi connectivity index (χ0n) is 8.14. The second-order valence-corrected chi connectivity index (χ2v) is 4.64. The number of alkyl halides is 2. The van der Waals surface area contributed by atoms with Gasteiger partial charge in [-0.25, -0.2) is 8.78 Å². The van der Waals surface area contributed by atoms with Crippen molar-refractivity contribution in [2.75, 3.05) is 0 Å². The Morgan fingerprint density at radius 3 is 2.44 bits per heavy atom. The first-order valence-corrected chi connectivity index (χ1v) is 5.51. The van der Waals surface area contributed by atoms with Crippen molar-refractivity contribution >= 4 is 28.4 Å². The van der Waals surface area contributed by atoms with Gasteiger partial charge in [0, 0.05) is 0 Å². The van der Waals surface area contributed by atoms with E-state index in [1.54, 1.807) is 6.07 Å². The highest BCUT2D eigenvalue weighted by Crippen LogP contribution is 2.54. The van der Waals surface area contributed by atoms with Crippen LogP contribution in [0.2, 0.25) is 5.02 Å². The van der Waals surface area contributed by atoms with E-state index < -0.39 is 17.1 Å². The highest BCUT2D eigenvalue weighted by atomic mass is 35.5. The van der Waals surface area contributed by atoms with Crippen molar-refractivity contribution in [3.63, 3.8) is 0 Å². The minimum Gasteiger partial charge on any atom is -0.276 e. The van der Waals surface area contributed by atoms with Gasteiger partial charge < -0.3 is 0 Å². The van der Waals surface area contributed by atoms with Crippen LogP contribution in [0.25, 0.3) is 0 Å². The summed E-state index contributed by atoms with van der Waals surface area (Å²) in [4.78, 5) is 11.2. The van der Waals surface area contributed by atoms with Crippen molar-refractivity contribution in [3.05, 3.63) is 34.3 Å². The van der Waals surface area contributed by atoms with E-state index in [1.807, 2.05) is 0 Å². The number of benzene rings is 1. The fourth-order valence-corrected chi connectivity index (χ4v) is 2.39. The number of hydrogen-bond acceptors (Lipinski definition) is 1. The molecular weight excluding hydrogens is 257 g/mol. The molecule has 2 rings (SSSR count). The number of rotatable bonds is 3. The average molecular weight is 265 g/mol. The summed E-state index contributed by atoms with van der Waals surface area (Å²) in [6.45, 7) is 0. The lowest BCUT2D eigenvalue weighted by Gasteiger charge is -2.17. The van der Waals surface area contributed by atoms with E-state index in [0.29, 0.717) is 12.8 Å². The molecule has 0 atom stereocenters. The van der Waals surface area contributed by atoms with Crippen molar-refractivity contribution in [3.8, 4) is 0 Å². The minimum atomic E-state index is -2.50. The largest absolute Gasteiger partial charge is 0.276 e. The maximum absolute atomic E-state index is 12.9. The Hall–Kier alpha value is -0.670. The lowest BCUT2D eigenvalue weighted by molar-refractivity contribution is 0.0995. The summed E-state index contributed by atoms with van der Waals surface area (Å²) in [6, 6.07) is 4.53. The van der Waals surface area contributed by atoms with E-state index in [-0.39, 0.29) is 16.1 Å². The molecule has 0 N–H and O–H groups in total. The molecule has 0 heterocycles. The van der Waals surface area contributed by atoms with E-state index in [0.717, 1.165) is 0 Å². The first-order valence-electron chi connectivity index (χ1n) is 4.76. The first kappa shape index (κ1) is 11.8. The molecule has 1 aliphatic rings. The molecule has 0 unspecified atom stereocenters. The standard InChI is InChI=1S/C11H8Cl2F2O/c12-7-3-1-2-6(8(7)9(13)16)11(4-5-11)10(14)15/h1-3,10H,4-5H2. The maximum atomic E-state index is 12.9. The highest BCUT2D eigenvalue weighted by molar-refractivity contribution is 6.69. The lowest BCUT2D eigenvalue weighted by atomic mass is 9.92. The van der Waals surface area contributed by atoms with Gasteiger partial charge in [0.2, 0.25) is 6.43 Å². The molecule has 0 spiro atoms. The Morgan fingerprint density at radius 1 is 1.38 bits per heavy atom. The van der Waals surface area contributed by atoms with Crippen LogP contribution >= 0.6 is 23.2 Å². The van der Waals surface area contributed by atoms with E-state index in [9.17, 15) is 13.6 Å². The van der Waals surface area contributed by atoms with Crippen LogP contribution in [0.1, 0.15) is 28.8 Å². The fourth-order valence-electron chi connectivity index (χ4n) is 1.88. The summed E-state index contributed by atoms with van der Waals surface area (Å²) >= 11 is 11.2. The molecule has 1 saturated carbocycles. The van der Waals surface area contributed by atoms with E-state index in [2.05, 4.69) is 0 Å². The molecule has 0 amide bonds. The predicted octanol–water partition coefficient (Wildman–Crippen LogP) is 4.02. The molecule has 1 fully saturated rings. The molecule has 5 heteroatoms. The van der Waals surface area contributed by atoms with Gasteiger partial charge >= 0.3 is 0 Å². The van der Waals surface area contributed by atoms with Crippen molar-refractivity contribution in [1.82, 2.24) is 0 Å². The topological polar surface area (TPSA) is 17.1 Å². The third-order valence-electron chi connectivity index (χ3n) is 2.95. The van der Waals surface area contributed by atoms with Crippen LogP contribution in [0.3, 0.4) is 0 Å². The van der Waals surface area contributed by atoms with Gasteiger partial charge in [-0.15, -0.1) is 0 Å². The fraction of sp³-hybridized carbons (Fsp3) is 0.364. The molecule has 1 aliphatic carbocycles. The van der Waals surface area contributed by atoms with Crippen LogP contribution < -0.4 is 0 Å².